The predicted molar refractivity (Wildman–Crippen MR) is 183 cm³/mol. The lowest BCUT2D eigenvalue weighted by Crippen LogP contribution is -2.81. The normalized spacial score (nSPS) is 13.1. The molecule has 1 aliphatic carbocycles. The number of pyridine rings is 1. The van der Waals surface area contributed by atoms with Crippen LogP contribution in [0.25, 0.3) is 0 Å². The van der Waals surface area contributed by atoms with Gasteiger partial charge in [-0.1, -0.05) is 49.2 Å². The van der Waals surface area contributed by atoms with E-state index in [-0.39, 0.29) is 0 Å². The van der Waals surface area contributed by atoms with Crippen molar-refractivity contribution in [3.8, 4) is 0 Å². The molecule has 1 heterocycles. The van der Waals surface area contributed by atoms with Crippen molar-refractivity contribution in [1.82, 2.24) is 0 Å². The fraction of sp³-hybridized carbons (Fsp3) is 0.146. The van der Waals surface area contributed by atoms with E-state index in [1.807, 2.05) is 0 Å². The van der Waals surface area contributed by atoms with Gasteiger partial charge < -0.3 is 0 Å². The maximum atomic E-state index is 15.4. The molecule has 1 aliphatic rings. The van der Waals surface area contributed by atoms with E-state index in [4.69, 9.17) is 0 Å². The van der Waals surface area contributed by atoms with Crippen molar-refractivity contribution in [2.24, 2.45) is 0 Å². The van der Waals surface area contributed by atoms with Crippen LogP contribution in [0, 0.1) is 116 Å². The maximum Gasteiger partial charge on any atom is 0.200 e. The minimum absolute atomic E-state index is 0.773. The van der Waals surface area contributed by atoms with E-state index < -0.39 is 144 Å². The van der Waals surface area contributed by atoms with Crippen LogP contribution in [0.15, 0.2) is 54.7 Å². The van der Waals surface area contributed by atoms with E-state index in [1.165, 1.54) is 36.9 Å². The molecule has 6 aromatic rings. The lowest BCUT2D eigenvalue weighted by molar-refractivity contribution is -0.697. The van der Waals surface area contributed by atoms with Gasteiger partial charge >= 0.3 is 0 Å². The summed E-state index contributed by atoms with van der Waals surface area (Å²) in [7, 11) is 0. The summed E-state index contributed by atoms with van der Waals surface area (Å²) in [5.74, 6) is -70.6. The molecule has 1 nitrogen and oxygen atoms in total. The molecule has 1 saturated carbocycles. The van der Waals surface area contributed by atoms with Crippen LogP contribution in [0.3, 0.4) is 0 Å². The maximum absolute atomic E-state index is 15.4. The molecule has 0 spiro atoms. The lowest BCUT2D eigenvalue weighted by Gasteiger charge is -2.44. The number of nitrogens with zero attached hydrogens (tertiary/aromatic N) is 1. The second kappa shape index (κ2) is 17.6. The average molecular weight is 917 g/mol. The Labute approximate surface area is 340 Å². The van der Waals surface area contributed by atoms with E-state index in [0.717, 1.165) is 12.5 Å². The summed E-state index contributed by atoms with van der Waals surface area (Å²) >= 11 is 0. The quantitative estimate of drug-likeness (QED) is 0.0495. The summed E-state index contributed by atoms with van der Waals surface area (Å²) in [5.41, 5.74) is -11.4. The zero-order chi connectivity index (χ0) is 46.6. The second-order valence-corrected chi connectivity index (χ2v) is 14.0. The Hall–Kier alpha value is -6.09. The number of hydrogen-bond acceptors (Lipinski definition) is 0. The lowest BCUT2D eigenvalue weighted by atomic mass is 9.12. The summed E-state index contributed by atoms with van der Waals surface area (Å²) in [6.45, 7) is 0.994. The highest BCUT2D eigenvalue weighted by molar-refractivity contribution is 7.20. The Morgan fingerprint density at radius 2 is 0.619 bits per heavy atom. The number of halogens is 20. The van der Waals surface area contributed by atoms with Gasteiger partial charge in [-0.2, -0.15) is 4.57 Å². The van der Waals surface area contributed by atoms with Gasteiger partial charge in [0.15, 0.2) is 88.2 Å². The average Bonchev–Trinajstić information content (AvgIpc) is 3.82. The van der Waals surface area contributed by atoms with E-state index in [2.05, 4.69) is 59.3 Å². The van der Waals surface area contributed by atoms with Crippen molar-refractivity contribution in [3.05, 3.63) is 182 Å². The first kappa shape index (κ1) is 46.4. The molecule has 1 fully saturated rings. The van der Waals surface area contributed by atoms with Gasteiger partial charge in [0, 0.05) is 23.6 Å². The largest absolute Gasteiger partial charge is 0.207 e. The molecule has 0 unspecified atom stereocenters. The van der Waals surface area contributed by atoms with E-state index >= 15 is 35.1 Å². The van der Waals surface area contributed by atoms with Crippen LogP contribution in [0.1, 0.15) is 42.9 Å². The standard InChI is InChI=1S/C24BF20.C17H20N/c26-5-1(6(27)14(35)21(42)13(5)34)25(2-7(28)15(36)22(43)16(37)8(2)29,3-9(30)17(38)23(44)18(39)10(3)31)4-11(32)19(40)24(45)20(41)12(4)33;1-2-8-15(9-3-1)14-18-13-7-6-12-17(18)16-10-4-5-11-16/h;1-3,6-9,12-13,16H,4-5,10-11,14H2/q-1;+1. The number of aromatic nitrogens is 1. The monoisotopic (exact) mass is 917 g/mol. The summed E-state index contributed by atoms with van der Waals surface area (Å²) < 4.78 is 296. The fourth-order valence-corrected chi connectivity index (χ4v) is 7.88. The molecule has 0 N–H and O–H groups in total. The zero-order valence-corrected chi connectivity index (χ0v) is 30.9. The molecule has 0 atom stereocenters. The Morgan fingerprint density at radius 1 is 0.349 bits per heavy atom. The molecule has 0 saturated heterocycles. The Bertz CT molecular complexity index is 2390. The van der Waals surface area contributed by atoms with Crippen molar-refractivity contribution < 1.29 is 92.4 Å². The molecule has 22 heteroatoms. The first-order valence-corrected chi connectivity index (χ1v) is 17.9. The first-order valence-electron chi connectivity index (χ1n) is 17.9. The third-order valence-electron chi connectivity index (χ3n) is 10.7. The highest BCUT2D eigenvalue weighted by Gasteiger charge is 2.52. The highest BCUT2D eigenvalue weighted by Crippen LogP contribution is 2.33. The van der Waals surface area contributed by atoms with Gasteiger partial charge in [0.05, 0.1) is 0 Å². The van der Waals surface area contributed by atoms with Gasteiger partial charge in [0.2, 0.25) is 0 Å². The molecule has 0 radical (unpaired) electrons. The van der Waals surface area contributed by atoms with Crippen molar-refractivity contribution in [1.29, 1.82) is 0 Å². The van der Waals surface area contributed by atoms with Crippen LogP contribution in [-0.2, 0) is 6.54 Å². The van der Waals surface area contributed by atoms with Crippen LogP contribution in [0.5, 0.6) is 0 Å². The molecule has 7 rings (SSSR count). The Morgan fingerprint density at radius 3 is 0.921 bits per heavy atom. The van der Waals surface area contributed by atoms with Crippen molar-refractivity contribution in [2.45, 2.75) is 38.1 Å². The third kappa shape index (κ3) is 7.43. The summed E-state index contributed by atoms with van der Waals surface area (Å²) in [6, 6.07) is 17.4. The predicted octanol–water partition coefficient (Wildman–Crippen LogP) is 9.53. The number of rotatable bonds is 7. The summed E-state index contributed by atoms with van der Waals surface area (Å²) in [6.07, 6.45) is 0.513. The topological polar surface area (TPSA) is 3.88 Å². The van der Waals surface area contributed by atoms with Crippen LogP contribution >= 0.6 is 0 Å². The van der Waals surface area contributed by atoms with Gasteiger partial charge in [-0.25, -0.2) is 87.8 Å². The minimum Gasteiger partial charge on any atom is -0.207 e. The smallest absolute Gasteiger partial charge is 0.200 e. The molecule has 1 aromatic heterocycles. The van der Waals surface area contributed by atoms with Gasteiger partial charge in [0.25, 0.3) is 0 Å². The molecule has 0 bridgehead atoms. The van der Waals surface area contributed by atoms with E-state index in [0.29, 0.717) is 0 Å². The molecule has 0 amide bonds. The summed E-state index contributed by atoms with van der Waals surface area (Å²) in [5, 5.41) is 0. The number of hydrogen-bond donors (Lipinski definition) is 0. The van der Waals surface area contributed by atoms with Crippen molar-refractivity contribution in [2.75, 3.05) is 0 Å². The van der Waals surface area contributed by atoms with E-state index in [1.54, 1.807) is 0 Å². The molecule has 5 aromatic carbocycles. The third-order valence-corrected chi connectivity index (χ3v) is 10.7. The fourth-order valence-electron chi connectivity index (χ4n) is 7.88. The minimum atomic E-state index is -7.22. The van der Waals surface area contributed by atoms with Gasteiger partial charge in [0.1, 0.15) is 52.7 Å². The van der Waals surface area contributed by atoms with Crippen LogP contribution in [0.4, 0.5) is 87.8 Å². The van der Waals surface area contributed by atoms with Crippen LogP contribution in [-0.4, -0.2) is 6.15 Å². The van der Waals surface area contributed by atoms with Crippen LogP contribution < -0.4 is 26.4 Å². The zero-order valence-electron chi connectivity index (χ0n) is 30.9. The SMILES string of the molecule is Fc1c(F)c(F)c([B-](c2c(F)c(F)c(F)c(F)c2F)(c2c(F)c(F)c(F)c(F)c2F)c2c(F)c(F)c(F)c(F)c2F)c(F)c1F.c1ccc(C[n+]2ccccc2C2CCCC2)cc1. The molecular weight excluding hydrogens is 897 g/mol. The number of benzene rings is 5. The first-order chi connectivity index (χ1) is 29.6. The van der Waals surface area contributed by atoms with Crippen molar-refractivity contribution in [3.63, 3.8) is 0 Å². The highest BCUT2D eigenvalue weighted by atomic mass is 19.2. The molecule has 63 heavy (non-hydrogen) atoms. The van der Waals surface area contributed by atoms with Crippen LogP contribution in [0.2, 0.25) is 0 Å². The van der Waals surface area contributed by atoms with E-state index in [9.17, 15) is 52.7 Å². The van der Waals surface area contributed by atoms with Crippen molar-refractivity contribution >= 4 is 28.0 Å². The summed E-state index contributed by atoms with van der Waals surface area (Å²) in [4.78, 5) is 0. The molecule has 0 aliphatic heterocycles. The second-order valence-electron chi connectivity index (χ2n) is 14.0. The molecular formula is C41H20BF20N. The van der Waals surface area contributed by atoms with Gasteiger partial charge in [-0.05, 0) is 12.8 Å². The Balaban J connectivity index is 0.000000302. The van der Waals surface area contributed by atoms with Gasteiger partial charge in [-0.3, -0.25) is 0 Å². The molecule has 332 valence electrons. The van der Waals surface area contributed by atoms with Gasteiger partial charge in [-0.15, -0.1) is 21.9 Å². The Kier molecular flexibility index (Phi) is 13.0.